The smallest absolute Gasteiger partial charge is 0.404 e. The third-order valence-corrected chi connectivity index (χ3v) is 8.23. The Labute approximate surface area is 218 Å². The van der Waals surface area contributed by atoms with Crippen LogP contribution >= 0.6 is 0 Å². The molecule has 204 valence electrons. The number of aliphatic hydroxyl groups excluding tert-OH is 1. The molecular weight excluding hydrogens is 500 g/mol. The van der Waals surface area contributed by atoms with Crippen LogP contribution in [0.3, 0.4) is 0 Å². The summed E-state index contributed by atoms with van der Waals surface area (Å²) in [4.78, 5) is 11.5. The first kappa shape index (κ1) is 28.9. The second kappa shape index (κ2) is 13.2. The number of carboxylic acid groups (broad SMARTS) is 1. The fourth-order valence-electron chi connectivity index (χ4n) is 4.29. The third-order valence-electron chi connectivity index (χ3n) is 6.35. The molecule has 2 aromatic rings. The van der Waals surface area contributed by atoms with Gasteiger partial charge in [0, 0.05) is 19.5 Å². The van der Waals surface area contributed by atoms with Gasteiger partial charge in [0.05, 0.1) is 37.4 Å². The van der Waals surface area contributed by atoms with Crippen molar-refractivity contribution in [3.05, 3.63) is 60.2 Å². The van der Waals surface area contributed by atoms with Crippen molar-refractivity contribution in [2.24, 2.45) is 0 Å². The first-order valence-electron chi connectivity index (χ1n) is 12.3. The van der Waals surface area contributed by atoms with Gasteiger partial charge in [-0.1, -0.05) is 30.3 Å². The highest BCUT2D eigenvalue weighted by molar-refractivity contribution is 7.89. The summed E-state index contributed by atoms with van der Waals surface area (Å²) in [5.41, 5.74) is 0.815. The normalized spacial score (nSPS) is 16.9. The molecule has 1 fully saturated rings. The molecular formula is C26H36N2O8S. The molecule has 3 N–H and O–H groups in total. The molecule has 2 aromatic carbocycles. The fourth-order valence-corrected chi connectivity index (χ4v) is 5.78. The van der Waals surface area contributed by atoms with Gasteiger partial charge in [0.1, 0.15) is 5.75 Å². The molecule has 1 heterocycles. The number of hydrogen-bond acceptors (Lipinski definition) is 7. The average molecular weight is 537 g/mol. The van der Waals surface area contributed by atoms with E-state index in [0.717, 1.165) is 5.56 Å². The first-order valence-corrected chi connectivity index (χ1v) is 13.7. The predicted octanol–water partition coefficient (Wildman–Crippen LogP) is 2.86. The monoisotopic (exact) mass is 536 g/mol. The third kappa shape index (κ3) is 8.41. The van der Waals surface area contributed by atoms with E-state index in [2.05, 4.69) is 5.32 Å². The highest BCUT2D eigenvalue weighted by Gasteiger charge is 2.32. The Morgan fingerprint density at radius 2 is 1.76 bits per heavy atom. The largest absolute Gasteiger partial charge is 0.497 e. The van der Waals surface area contributed by atoms with E-state index in [0.29, 0.717) is 38.2 Å². The SMILES string of the molecule is COc1ccc(S(=O)(=O)N(CCCCC2(C)OCCO2)C[C@@H](O)[C@H](Cc2ccccc2)NC(=O)O)cc1. The van der Waals surface area contributed by atoms with Crippen molar-refractivity contribution in [3.8, 4) is 5.75 Å². The lowest BCUT2D eigenvalue weighted by atomic mass is 10.0. The number of sulfonamides is 1. The van der Waals surface area contributed by atoms with Crippen molar-refractivity contribution in [2.75, 3.05) is 33.4 Å². The molecule has 2 atom stereocenters. The zero-order valence-electron chi connectivity index (χ0n) is 21.2. The Hall–Kier alpha value is -2.70. The van der Waals surface area contributed by atoms with E-state index in [1.54, 1.807) is 12.1 Å². The molecule has 0 radical (unpaired) electrons. The summed E-state index contributed by atoms with van der Waals surface area (Å²) in [5.74, 6) is -0.158. The standard InChI is InChI=1S/C26H36N2O8S/c1-26(35-16-17-36-26)14-6-7-15-28(37(32,33)22-12-10-21(34-2)11-13-22)19-24(29)23(27-25(30)31)18-20-8-4-3-5-9-20/h3-5,8-13,23-24,27,29H,6-7,14-19H2,1-2H3,(H,30,31)/t23-,24+/m0/s1. The van der Waals surface area contributed by atoms with E-state index >= 15 is 0 Å². The molecule has 1 saturated heterocycles. The maximum absolute atomic E-state index is 13.6. The van der Waals surface area contributed by atoms with Gasteiger partial charge in [-0.3, -0.25) is 0 Å². The predicted molar refractivity (Wildman–Crippen MR) is 137 cm³/mol. The number of nitrogens with zero attached hydrogens (tertiary/aromatic N) is 1. The summed E-state index contributed by atoms with van der Waals surface area (Å²) in [7, 11) is -2.50. The van der Waals surface area contributed by atoms with Gasteiger partial charge in [0.2, 0.25) is 10.0 Å². The van der Waals surface area contributed by atoms with Gasteiger partial charge >= 0.3 is 6.09 Å². The fraction of sp³-hybridized carbons (Fsp3) is 0.500. The summed E-state index contributed by atoms with van der Waals surface area (Å²) in [6.45, 7) is 2.77. The Morgan fingerprint density at radius 3 is 2.35 bits per heavy atom. The van der Waals surface area contributed by atoms with E-state index in [9.17, 15) is 23.4 Å². The molecule has 0 saturated carbocycles. The van der Waals surface area contributed by atoms with Crippen LogP contribution in [-0.4, -0.2) is 80.4 Å². The zero-order chi connectivity index (χ0) is 26.9. The van der Waals surface area contributed by atoms with Crippen LogP contribution in [0.1, 0.15) is 31.7 Å². The van der Waals surface area contributed by atoms with E-state index < -0.39 is 34.0 Å². The van der Waals surface area contributed by atoms with E-state index in [1.807, 2.05) is 37.3 Å². The van der Waals surface area contributed by atoms with Gasteiger partial charge in [-0.25, -0.2) is 13.2 Å². The first-order chi connectivity index (χ1) is 17.6. The molecule has 10 nitrogen and oxygen atoms in total. The van der Waals surface area contributed by atoms with Crippen molar-refractivity contribution in [1.29, 1.82) is 0 Å². The van der Waals surface area contributed by atoms with Gasteiger partial charge in [0.25, 0.3) is 0 Å². The van der Waals surface area contributed by atoms with Crippen LogP contribution in [0, 0.1) is 0 Å². The molecule has 1 amide bonds. The molecule has 11 heteroatoms. The molecule has 3 rings (SSSR count). The van der Waals surface area contributed by atoms with Crippen LogP contribution in [0.25, 0.3) is 0 Å². The lowest BCUT2D eigenvalue weighted by Crippen LogP contribution is -2.50. The molecule has 37 heavy (non-hydrogen) atoms. The van der Waals surface area contributed by atoms with Crippen molar-refractivity contribution >= 4 is 16.1 Å². The van der Waals surface area contributed by atoms with Gasteiger partial charge in [-0.15, -0.1) is 0 Å². The van der Waals surface area contributed by atoms with Crippen molar-refractivity contribution in [1.82, 2.24) is 9.62 Å². The number of amides is 1. The number of nitrogens with one attached hydrogen (secondary N) is 1. The number of hydrogen-bond donors (Lipinski definition) is 3. The molecule has 0 aromatic heterocycles. The molecule has 0 aliphatic carbocycles. The lowest BCUT2D eigenvalue weighted by molar-refractivity contribution is -0.147. The summed E-state index contributed by atoms with van der Waals surface area (Å²) >= 11 is 0. The van der Waals surface area contributed by atoms with Gasteiger partial charge in [-0.2, -0.15) is 4.31 Å². The Kier molecular flexibility index (Phi) is 10.3. The van der Waals surface area contributed by atoms with Crippen LogP contribution < -0.4 is 10.1 Å². The Bertz CT molecular complexity index is 1090. The minimum Gasteiger partial charge on any atom is -0.497 e. The number of aliphatic hydroxyl groups is 1. The maximum Gasteiger partial charge on any atom is 0.404 e. The van der Waals surface area contributed by atoms with Crippen molar-refractivity contribution < 1.29 is 37.6 Å². The van der Waals surface area contributed by atoms with Gasteiger partial charge in [-0.05, 0) is 56.0 Å². The molecule has 0 unspecified atom stereocenters. The quantitative estimate of drug-likeness (QED) is 0.314. The van der Waals surface area contributed by atoms with E-state index in [1.165, 1.54) is 23.5 Å². The van der Waals surface area contributed by atoms with Crippen LogP contribution in [0.2, 0.25) is 0 Å². The second-order valence-corrected chi connectivity index (χ2v) is 11.1. The summed E-state index contributed by atoms with van der Waals surface area (Å²) < 4.78 is 44.7. The Morgan fingerprint density at radius 1 is 1.11 bits per heavy atom. The Balaban J connectivity index is 1.77. The molecule has 0 bridgehead atoms. The summed E-state index contributed by atoms with van der Waals surface area (Å²) in [6, 6.07) is 14.2. The van der Waals surface area contributed by atoms with Crippen LogP contribution in [0.5, 0.6) is 5.75 Å². The van der Waals surface area contributed by atoms with Crippen LogP contribution in [0.15, 0.2) is 59.5 Å². The molecule has 1 aliphatic rings. The van der Waals surface area contributed by atoms with Gasteiger partial charge in [0.15, 0.2) is 5.79 Å². The van der Waals surface area contributed by atoms with E-state index in [4.69, 9.17) is 14.2 Å². The number of carbonyl (C=O) groups is 1. The zero-order valence-corrected chi connectivity index (χ0v) is 22.0. The van der Waals surface area contributed by atoms with Crippen molar-refractivity contribution in [2.45, 2.75) is 55.4 Å². The highest BCUT2D eigenvalue weighted by atomic mass is 32.2. The van der Waals surface area contributed by atoms with E-state index in [-0.39, 0.29) is 24.4 Å². The minimum absolute atomic E-state index is 0.0562. The number of ether oxygens (including phenoxy) is 3. The average Bonchev–Trinajstić information content (AvgIpc) is 3.32. The summed E-state index contributed by atoms with van der Waals surface area (Å²) in [6.07, 6.45) is -0.638. The number of methoxy groups -OCH3 is 1. The number of rotatable bonds is 14. The van der Waals surface area contributed by atoms with Crippen molar-refractivity contribution in [3.63, 3.8) is 0 Å². The van der Waals surface area contributed by atoms with Crippen LogP contribution in [-0.2, 0) is 25.9 Å². The second-order valence-electron chi connectivity index (χ2n) is 9.14. The molecule has 0 spiro atoms. The highest BCUT2D eigenvalue weighted by Crippen LogP contribution is 2.26. The topological polar surface area (TPSA) is 135 Å². The summed E-state index contributed by atoms with van der Waals surface area (Å²) in [5, 5.41) is 22.7. The van der Waals surface area contributed by atoms with Crippen LogP contribution in [0.4, 0.5) is 4.79 Å². The maximum atomic E-state index is 13.6. The number of unbranched alkanes of at least 4 members (excludes halogenated alkanes) is 1. The lowest BCUT2D eigenvalue weighted by Gasteiger charge is -2.29. The molecule has 1 aliphatic heterocycles. The minimum atomic E-state index is -3.99. The number of benzene rings is 2. The van der Waals surface area contributed by atoms with Gasteiger partial charge < -0.3 is 29.7 Å².